The highest BCUT2D eigenvalue weighted by Gasteiger charge is 2.19. The SMILES string of the molecule is C=CCCC.C=CCc1ccc(C)cc1.CC.CC1=c2ccccc2=CCC1.Cc1ccc(-c2ccc(C(c3ccc(C)cc3)c3cccc4ccccc34)cc2)cc1.Cc1ccccc1. The first-order valence-electron chi connectivity index (χ1n) is 24.0. The van der Waals surface area contributed by atoms with Crippen molar-refractivity contribution in [3.8, 4) is 11.1 Å². The van der Waals surface area contributed by atoms with Gasteiger partial charge < -0.3 is 0 Å². The van der Waals surface area contributed by atoms with E-state index >= 15 is 0 Å². The highest BCUT2D eigenvalue weighted by molar-refractivity contribution is 5.87. The third-order valence-electron chi connectivity index (χ3n) is 11.4. The van der Waals surface area contributed by atoms with E-state index in [0.717, 1.165) is 12.8 Å². The minimum Gasteiger partial charge on any atom is -0.103 e. The van der Waals surface area contributed by atoms with Crippen LogP contribution in [0, 0.1) is 27.7 Å². The average molecular weight is 867 g/mol. The summed E-state index contributed by atoms with van der Waals surface area (Å²) < 4.78 is 0. The van der Waals surface area contributed by atoms with Crippen molar-refractivity contribution in [2.24, 2.45) is 0 Å². The summed E-state index contributed by atoms with van der Waals surface area (Å²) in [6.45, 7) is 24.0. The molecule has 0 aromatic heterocycles. The predicted molar refractivity (Wildman–Crippen MR) is 294 cm³/mol. The molecule has 0 aliphatic heterocycles. The van der Waals surface area contributed by atoms with E-state index in [9.17, 15) is 0 Å². The third kappa shape index (κ3) is 16.7. The van der Waals surface area contributed by atoms with Crippen LogP contribution in [0.5, 0.6) is 0 Å². The van der Waals surface area contributed by atoms with Crippen LogP contribution in [-0.2, 0) is 6.42 Å². The van der Waals surface area contributed by atoms with Gasteiger partial charge in [-0.15, -0.1) is 13.2 Å². The van der Waals surface area contributed by atoms with Crippen LogP contribution in [0.15, 0.2) is 219 Å². The Kier molecular flexibility index (Phi) is 22.7. The number of unbranched alkanes of at least 4 members (excludes halogenated alkanes) is 1. The molecule has 0 heteroatoms. The van der Waals surface area contributed by atoms with Crippen molar-refractivity contribution in [1.29, 1.82) is 0 Å². The summed E-state index contributed by atoms with van der Waals surface area (Å²) in [5.74, 6) is 0.193. The summed E-state index contributed by atoms with van der Waals surface area (Å²) >= 11 is 0. The van der Waals surface area contributed by atoms with E-state index in [1.165, 1.54) is 102 Å². The lowest BCUT2D eigenvalue weighted by Gasteiger charge is -2.21. The smallest absolute Gasteiger partial charge is 0.0346 e. The molecule has 0 saturated carbocycles. The van der Waals surface area contributed by atoms with E-state index in [1.807, 2.05) is 44.2 Å². The van der Waals surface area contributed by atoms with Gasteiger partial charge in [0.05, 0.1) is 0 Å². The van der Waals surface area contributed by atoms with Crippen molar-refractivity contribution in [2.75, 3.05) is 0 Å². The van der Waals surface area contributed by atoms with E-state index in [-0.39, 0.29) is 5.92 Å². The molecular formula is C66H74. The van der Waals surface area contributed by atoms with Gasteiger partial charge in [-0.25, -0.2) is 0 Å². The second-order valence-corrected chi connectivity index (χ2v) is 16.7. The third-order valence-corrected chi connectivity index (χ3v) is 11.4. The van der Waals surface area contributed by atoms with E-state index in [2.05, 4.69) is 237 Å². The molecule has 0 fully saturated rings. The summed E-state index contributed by atoms with van der Waals surface area (Å²) in [6, 6.07) is 69.6. The maximum absolute atomic E-state index is 3.68. The van der Waals surface area contributed by atoms with Gasteiger partial charge in [-0.3, -0.25) is 0 Å². The number of fused-ring (bicyclic) bond motifs is 2. The van der Waals surface area contributed by atoms with Crippen LogP contribution in [-0.4, -0.2) is 0 Å². The fourth-order valence-corrected chi connectivity index (χ4v) is 7.70. The van der Waals surface area contributed by atoms with Gasteiger partial charge in [0.1, 0.15) is 0 Å². The maximum atomic E-state index is 3.68. The first-order valence-corrected chi connectivity index (χ1v) is 24.0. The fraction of sp³-hybridized carbons (Fsp3) is 0.212. The molecule has 9 rings (SSSR count). The highest BCUT2D eigenvalue weighted by Crippen LogP contribution is 2.37. The van der Waals surface area contributed by atoms with Gasteiger partial charge in [-0.05, 0) is 115 Å². The Hall–Kier alpha value is -6.76. The van der Waals surface area contributed by atoms with Gasteiger partial charge in [0.2, 0.25) is 0 Å². The summed E-state index contributed by atoms with van der Waals surface area (Å²) in [5, 5.41) is 5.46. The second kappa shape index (κ2) is 28.9. The van der Waals surface area contributed by atoms with Crippen molar-refractivity contribution < 1.29 is 0 Å². The molecular weight excluding hydrogens is 793 g/mol. The minimum absolute atomic E-state index is 0.193. The zero-order chi connectivity index (χ0) is 47.5. The van der Waals surface area contributed by atoms with Crippen LogP contribution in [0.3, 0.4) is 0 Å². The summed E-state index contributed by atoms with van der Waals surface area (Å²) in [4.78, 5) is 0. The fourth-order valence-electron chi connectivity index (χ4n) is 7.70. The maximum Gasteiger partial charge on any atom is 0.0346 e. The molecule has 338 valence electrons. The summed E-state index contributed by atoms with van der Waals surface area (Å²) in [6.07, 6.45) is 12.0. The van der Waals surface area contributed by atoms with Crippen molar-refractivity contribution in [3.05, 3.63) is 274 Å². The molecule has 0 saturated heterocycles. The van der Waals surface area contributed by atoms with Crippen LogP contribution >= 0.6 is 0 Å². The van der Waals surface area contributed by atoms with Gasteiger partial charge >= 0.3 is 0 Å². The van der Waals surface area contributed by atoms with E-state index in [1.54, 1.807) is 0 Å². The molecule has 0 bridgehead atoms. The van der Waals surface area contributed by atoms with E-state index in [0.29, 0.717) is 0 Å². The van der Waals surface area contributed by atoms with Crippen molar-refractivity contribution in [1.82, 2.24) is 0 Å². The molecule has 8 aromatic rings. The highest BCUT2D eigenvalue weighted by atomic mass is 14.2. The predicted octanol–water partition coefficient (Wildman–Crippen LogP) is 17.5. The molecule has 0 nitrogen and oxygen atoms in total. The number of rotatable bonds is 8. The average Bonchev–Trinajstić information content (AvgIpc) is 3.36. The monoisotopic (exact) mass is 867 g/mol. The van der Waals surface area contributed by atoms with Gasteiger partial charge in [0.15, 0.2) is 0 Å². The lowest BCUT2D eigenvalue weighted by Crippen LogP contribution is -2.27. The molecule has 66 heavy (non-hydrogen) atoms. The second-order valence-electron chi connectivity index (χ2n) is 16.7. The molecule has 1 atom stereocenters. The Bertz CT molecular complexity index is 2730. The molecule has 1 aliphatic carbocycles. The normalized spacial score (nSPS) is 11.2. The van der Waals surface area contributed by atoms with Crippen molar-refractivity contribution in [3.63, 3.8) is 0 Å². The standard InChI is InChI=1S/C31H26.C11H12.C10H12.C7H8.C5H10.C2H6/c1-22-10-14-24(15-11-22)25-18-20-28(21-19-25)31(27-16-12-23(2)13-17-27)30-9-5-7-26-6-3-4-8-29(26)30;1-9-5-4-7-10-6-2-3-8-11(9)10;1-3-4-10-7-5-9(2)6-8-10;1-7-5-3-2-4-6-7;1-3-5-4-2;1-2/h3-21,31H,1-2H3;2-3,6-8H,4-5H2,1H3;3,5-8H,1,4H2,2H3;2-6H,1H3;3H,1,4-5H2,2H3;1-2H3. The van der Waals surface area contributed by atoms with Gasteiger partial charge in [0, 0.05) is 5.92 Å². The first-order chi connectivity index (χ1) is 32.2. The lowest BCUT2D eigenvalue weighted by molar-refractivity contribution is 0.961. The number of allylic oxidation sites excluding steroid dienone is 2. The van der Waals surface area contributed by atoms with Crippen LogP contribution in [0.2, 0.25) is 0 Å². The lowest BCUT2D eigenvalue weighted by atomic mass is 9.82. The molecule has 0 radical (unpaired) electrons. The topological polar surface area (TPSA) is 0 Å². The molecule has 0 N–H and O–H groups in total. The summed E-state index contributed by atoms with van der Waals surface area (Å²) in [5.41, 5.74) is 14.6. The number of aryl methyl sites for hydroxylation is 4. The Balaban J connectivity index is 0.000000220. The van der Waals surface area contributed by atoms with E-state index < -0.39 is 0 Å². The molecule has 0 spiro atoms. The van der Waals surface area contributed by atoms with Crippen LogP contribution in [0.25, 0.3) is 33.5 Å². The molecule has 0 heterocycles. The first kappa shape index (κ1) is 51.9. The van der Waals surface area contributed by atoms with Gasteiger partial charge in [-0.2, -0.15) is 0 Å². The zero-order valence-corrected chi connectivity index (χ0v) is 41.2. The number of benzene rings is 8. The Morgan fingerprint density at radius 1 is 0.485 bits per heavy atom. The zero-order valence-electron chi connectivity index (χ0n) is 41.2. The van der Waals surface area contributed by atoms with E-state index in [4.69, 9.17) is 0 Å². The van der Waals surface area contributed by atoms with Gasteiger partial charge in [0.25, 0.3) is 0 Å². The molecule has 8 aromatic carbocycles. The summed E-state index contributed by atoms with van der Waals surface area (Å²) in [7, 11) is 0. The van der Waals surface area contributed by atoms with Crippen molar-refractivity contribution in [2.45, 2.75) is 93.4 Å². The number of hydrogen-bond donors (Lipinski definition) is 0. The van der Waals surface area contributed by atoms with Crippen LogP contribution in [0.1, 0.15) is 104 Å². The quantitative estimate of drug-likeness (QED) is 0.105. The Morgan fingerprint density at radius 3 is 1.50 bits per heavy atom. The Labute approximate surface area is 399 Å². The van der Waals surface area contributed by atoms with Crippen LogP contribution in [0.4, 0.5) is 0 Å². The Morgan fingerprint density at radius 2 is 0.970 bits per heavy atom. The molecule has 0 amide bonds. The molecule has 1 aliphatic rings. The van der Waals surface area contributed by atoms with Gasteiger partial charge in [-0.1, -0.05) is 267 Å². The minimum atomic E-state index is 0.193. The number of hydrogen-bond acceptors (Lipinski definition) is 0. The molecule has 1 unspecified atom stereocenters. The largest absolute Gasteiger partial charge is 0.103 e. The van der Waals surface area contributed by atoms with Crippen molar-refractivity contribution >= 4 is 22.4 Å². The van der Waals surface area contributed by atoms with Crippen LogP contribution < -0.4 is 10.4 Å².